The van der Waals surface area contributed by atoms with Crippen molar-refractivity contribution in [2.24, 2.45) is 5.73 Å². The van der Waals surface area contributed by atoms with E-state index in [0.717, 1.165) is 5.56 Å². The van der Waals surface area contributed by atoms with Gasteiger partial charge >= 0.3 is 0 Å². The number of aromatic nitrogens is 2. The number of rotatable bonds is 4. The molecule has 0 radical (unpaired) electrons. The molecule has 19 heavy (non-hydrogen) atoms. The minimum atomic E-state index is -0.690. The van der Waals surface area contributed by atoms with Crippen LogP contribution in [0.2, 0.25) is 0 Å². The van der Waals surface area contributed by atoms with Crippen LogP contribution in [0.3, 0.4) is 0 Å². The minimum Gasteiger partial charge on any atom is -0.394 e. The molecule has 1 aromatic heterocycles. The molecule has 0 spiro atoms. The van der Waals surface area contributed by atoms with Gasteiger partial charge in [-0.05, 0) is 31.5 Å². The molecule has 0 bridgehead atoms. The molecule has 0 saturated carbocycles. The Kier molecular flexibility index (Phi) is 3.64. The smallest absolute Gasteiger partial charge is 0.245 e. The van der Waals surface area contributed by atoms with Crippen molar-refractivity contribution in [3.63, 3.8) is 0 Å². The second-order valence-electron chi connectivity index (χ2n) is 4.88. The summed E-state index contributed by atoms with van der Waals surface area (Å²) in [6, 6.07) is 5.44. The molecule has 2 aromatic rings. The van der Waals surface area contributed by atoms with Gasteiger partial charge in [-0.1, -0.05) is 17.3 Å². The van der Waals surface area contributed by atoms with Crippen molar-refractivity contribution in [3.8, 4) is 0 Å². The van der Waals surface area contributed by atoms with Crippen LogP contribution >= 0.6 is 0 Å². The second kappa shape index (κ2) is 5.07. The molecule has 0 aliphatic heterocycles. The first-order chi connectivity index (χ1) is 8.95. The summed E-state index contributed by atoms with van der Waals surface area (Å²) in [7, 11) is 0. The van der Waals surface area contributed by atoms with Gasteiger partial charge in [0.2, 0.25) is 5.89 Å². The van der Waals surface area contributed by atoms with E-state index in [4.69, 9.17) is 15.4 Å². The highest BCUT2D eigenvalue weighted by molar-refractivity contribution is 5.30. The fraction of sp³-hybridized carbons (Fsp3) is 0.385. The van der Waals surface area contributed by atoms with Crippen LogP contribution in [-0.4, -0.2) is 21.9 Å². The number of halogens is 1. The maximum atomic E-state index is 12.9. The van der Waals surface area contributed by atoms with E-state index in [1.807, 2.05) is 13.8 Å². The predicted molar refractivity (Wildman–Crippen MR) is 66.8 cm³/mol. The Labute approximate surface area is 110 Å². The summed E-state index contributed by atoms with van der Waals surface area (Å²) in [4.78, 5) is 4.19. The molecule has 6 heteroatoms. The van der Waals surface area contributed by atoms with Gasteiger partial charge in [0.25, 0.3) is 0 Å². The van der Waals surface area contributed by atoms with Gasteiger partial charge in [0.15, 0.2) is 5.82 Å². The van der Waals surface area contributed by atoms with E-state index in [1.54, 1.807) is 12.1 Å². The number of nitrogens with two attached hydrogens (primary N) is 1. The first kappa shape index (κ1) is 13.6. The van der Waals surface area contributed by atoms with E-state index in [9.17, 15) is 4.39 Å². The number of nitrogens with zero attached hydrogens (tertiary/aromatic N) is 2. The van der Waals surface area contributed by atoms with E-state index < -0.39 is 11.5 Å². The largest absolute Gasteiger partial charge is 0.394 e. The lowest BCUT2D eigenvalue weighted by Gasteiger charge is -2.20. The molecule has 0 aliphatic carbocycles. The van der Waals surface area contributed by atoms with Gasteiger partial charge in [-0.15, -0.1) is 0 Å². The normalized spacial score (nSPS) is 13.5. The van der Waals surface area contributed by atoms with Crippen LogP contribution in [0.1, 0.15) is 37.2 Å². The van der Waals surface area contributed by atoms with Gasteiger partial charge < -0.3 is 15.4 Å². The molecule has 1 heterocycles. The van der Waals surface area contributed by atoms with Gasteiger partial charge in [0.1, 0.15) is 11.9 Å². The summed E-state index contributed by atoms with van der Waals surface area (Å²) in [5.41, 5.74) is 5.94. The fourth-order valence-electron chi connectivity index (χ4n) is 1.71. The van der Waals surface area contributed by atoms with Crippen LogP contribution in [0, 0.1) is 5.82 Å². The first-order valence-corrected chi connectivity index (χ1v) is 5.91. The van der Waals surface area contributed by atoms with Crippen LogP contribution < -0.4 is 5.73 Å². The molecule has 1 aromatic carbocycles. The average molecular weight is 265 g/mol. The van der Waals surface area contributed by atoms with E-state index in [-0.39, 0.29) is 18.3 Å². The van der Waals surface area contributed by atoms with Crippen molar-refractivity contribution >= 4 is 0 Å². The molecule has 2 rings (SSSR count). The third-order valence-corrected chi connectivity index (χ3v) is 3.08. The van der Waals surface area contributed by atoms with Crippen LogP contribution in [-0.2, 0) is 5.41 Å². The summed E-state index contributed by atoms with van der Waals surface area (Å²) in [5.74, 6) is 0.335. The molecule has 0 fully saturated rings. The Morgan fingerprint density at radius 3 is 2.58 bits per heavy atom. The van der Waals surface area contributed by atoms with Gasteiger partial charge in [-0.25, -0.2) is 4.39 Å². The Balaban J connectivity index is 2.33. The Morgan fingerprint density at radius 1 is 1.37 bits per heavy atom. The Bertz CT molecular complexity index is 551. The van der Waals surface area contributed by atoms with E-state index in [1.165, 1.54) is 12.1 Å². The molecule has 102 valence electrons. The van der Waals surface area contributed by atoms with Crippen molar-refractivity contribution in [1.29, 1.82) is 0 Å². The highest BCUT2D eigenvalue weighted by atomic mass is 19.1. The predicted octanol–water partition coefficient (Wildman–Crippen LogP) is 1.53. The summed E-state index contributed by atoms with van der Waals surface area (Å²) in [6.07, 6.45) is 0. The monoisotopic (exact) mass is 265 g/mol. The molecule has 0 amide bonds. The molecule has 1 atom stereocenters. The molecule has 3 N–H and O–H groups in total. The van der Waals surface area contributed by atoms with Crippen molar-refractivity contribution in [2.45, 2.75) is 25.3 Å². The van der Waals surface area contributed by atoms with Gasteiger partial charge in [0.05, 0.1) is 12.0 Å². The molecule has 5 nitrogen and oxygen atoms in total. The zero-order valence-corrected chi connectivity index (χ0v) is 10.8. The standard InChI is InChI=1S/C13H16FN3O2/c1-13(2,8-3-5-9(14)6-4-8)12-16-11(19-17-12)10(15)7-18/h3-6,10,18H,7,15H2,1-2H3. The summed E-state index contributed by atoms with van der Waals surface area (Å²) in [5, 5.41) is 12.8. The summed E-state index contributed by atoms with van der Waals surface area (Å²) >= 11 is 0. The van der Waals surface area contributed by atoms with Gasteiger partial charge in [-0.2, -0.15) is 4.98 Å². The van der Waals surface area contributed by atoms with E-state index in [0.29, 0.717) is 5.82 Å². The number of benzene rings is 1. The quantitative estimate of drug-likeness (QED) is 0.875. The second-order valence-corrected chi connectivity index (χ2v) is 4.88. The Morgan fingerprint density at radius 2 is 2.00 bits per heavy atom. The van der Waals surface area contributed by atoms with Crippen molar-refractivity contribution in [1.82, 2.24) is 10.1 Å². The lowest BCUT2D eigenvalue weighted by atomic mass is 9.84. The van der Waals surface area contributed by atoms with Gasteiger partial charge in [0, 0.05) is 0 Å². The summed E-state index contributed by atoms with van der Waals surface area (Å²) < 4.78 is 18.0. The van der Waals surface area contributed by atoms with E-state index >= 15 is 0 Å². The lowest BCUT2D eigenvalue weighted by Crippen LogP contribution is -2.21. The van der Waals surface area contributed by atoms with Gasteiger partial charge in [-0.3, -0.25) is 0 Å². The van der Waals surface area contributed by atoms with Crippen LogP contribution in [0.15, 0.2) is 28.8 Å². The van der Waals surface area contributed by atoms with Crippen LogP contribution in [0.5, 0.6) is 0 Å². The zero-order valence-electron chi connectivity index (χ0n) is 10.8. The van der Waals surface area contributed by atoms with Crippen LogP contribution in [0.25, 0.3) is 0 Å². The fourth-order valence-corrected chi connectivity index (χ4v) is 1.71. The zero-order chi connectivity index (χ0) is 14.0. The lowest BCUT2D eigenvalue weighted by molar-refractivity contribution is 0.236. The highest BCUT2D eigenvalue weighted by Gasteiger charge is 2.29. The van der Waals surface area contributed by atoms with Crippen molar-refractivity contribution < 1.29 is 14.0 Å². The molecular weight excluding hydrogens is 249 g/mol. The summed E-state index contributed by atoms with van der Waals surface area (Å²) in [6.45, 7) is 3.54. The third-order valence-electron chi connectivity index (χ3n) is 3.08. The first-order valence-electron chi connectivity index (χ1n) is 5.91. The molecule has 1 unspecified atom stereocenters. The topological polar surface area (TPSA) is 85.2 Å². The molecule has 0 saturated heterocycles. The minimum absolute atomic E-state index is 0.188. The number of hydrogen-bond acceptors (Lipinski definition) is 5. The number of aliphatic hydroxyl groups excluding tert-OH is 1. The maximum absolute atomic E-state index is 12.9. The number of aliphatic hydroxyl groups is 1. The molecule has 0 aliphatic rings. The van der Waals surface area contributed by atoms with Crippen molar-refractivity contribution in [3.05, 3.63) is 47.4 Å². The van der Waals surface area contributed by atoms with Crippen LogP contribution in [0.4, 0.5) is 4.39 Å². The molecular formula is C13H16FN3O2. The maximum Gasteiger partial charge on any atom is 0.245 e. The Hall–Kier alpha value is -1.79. The SMILES string of the molecule is CC(C)(c1ccc(F)cc1)c1noc(C(N)CO)n1. The van der Waals surface area contributed by atoms with Crippen molar-refractivity contribution in [2.75, 3.05) is 6.61 Å². The highest BCUT2D eigenvalue weighted by Crippen LogP contribution is 2.29. The average Bonchev–Trinajstić information content (AvgIpc) is 2.88. The number of hydrogen-bond donors (Lipinski definition) is 2. The third kappa shape index (κ3) is 2.64. The van der Waals surface area contributed by atoms with E-state index in [2.05, 4.69) is 10.1 Å².